The van der Waals surface area contributed by atoms with Crippen LogP contribution in [0.25, 0.3) is 0 Å². The second kappa shape index (κ2) is 6.69. The molecular formula is C13H22FN3. The Balaban J connectivity index is 2.68. The van der Waals surface area contributed by atoms with Crippen molar-refractivity contribution in [3.63, 3.8) is 0 Å². The van der Waals surface area contributed by atoms with Crippen molar-refractivity contribution in [2.75, 3.05) is 33.7 Å². The highest BCUT2D eigenvalue weighted by Gasteiger charge is 2.13. The van der Waals surface area contributed by atoms with E-state index >= 15 is 0 Å². The standard InChI is InChI=1S/C13H22FN3/c1-10-4-5-12(14)11(8-10)13(9-15)16-6-7-17(2)3/h4-5,8,13,16H,6-7,9,15H2,1-3H3. The average Bonchev–Trinajstić information content (AvgIpc) is 2.28. The number of nitrogens with two attached hydrogens (primary N) is 1. The Morgan fingerprint density at radius 3 is 2.71 bits per heavy atom. The molecule has 3 nitrogen and oxygen atoms in total. The predicted molar refractivity (Wildman–Crippen MR) is 69.5 cm³/mol. The fraction of sp³-hybridized carbons (Fsp3) is 0.538. The third-order valence-electron chi connectivity index (χ3n) is 2.71. The van der Waals surface area contributed by atoms with Gasteiger partial charge in [0.05, 0.1) is 0 Å². The smallest absolute Gasteiger partial charge is 0.128 e. The maximum Gasteiger partial charge on any atom is 0.128 e. The average molecular weight is 239 g/mol. The molecule has 1 aromatic carbocycles. The van der Waals surface area contributed by atoms with Crippen LogP contribution in [-0.4, -0.2) is 38.6 Å². The molecule has 1 unspecified atom stereocenters. The van der Waals surface area contributed by atoms with Crippen LogP contribution in [0.4, 0.5) is 4.39 Å². The highest BCUT2D eigenvalue weighted by molar-refractivity contribution is 5.27. The Kier molecular flexibility index (Phi) is 5.55. The van der Waals surface area contributed by atoms with Crippen molar-refractivity contribution in [3.8, 4) is 0 Å². The summed E-state index contributed by atoms with van der Waals surface area (Å²) in [5, 5.41) is 3.28. The first-order chi connectivity index (χ1) is 8.04. The minimum absolute atomic E-state index is 0.116. The van der Waals surface area contributed by atoms with E-state index < -0.39 is 0 Å². The van der Waals surface area contributed by atoms with E-state index in [0.29, 0.717) is 12.1 Å². The van der Waals surface area contributed by atoms with Gasteiger partial charge in [-0.2, -0.15) is 0 Å². The van der Waals surface area contributed by atoms with Gasteiger partial charge in [0.25, 0.3) is 0 Å². The van der Waals surface area contributed by atoms with Crippen molar-refractivity contribution in [1.82, 2.24) is 10.2 Å². The number of nitrogens with one attached hydrogen (secondary N) is 1. The van der Waals surface area contributed by atoms with Crippen molar-refractivity contribution >= 4 is 0 Å². The summed E-state index contributed by atoms with van der Waals surface area (Å²) in [5.41, 5.74) is 7.41. The molecule has 0 aromatic heterocycles. The van der Waals surface area contributed by atoms with Gasteiger partial charge in [-0.3, -0.25) is 0 Å². The van der Waals surface area contributed by atoms with Gasteiger partial charge < -0.3 is 16.0 Å². The van der Waals surface area contributed by atoms with Gasteiger partial charge >= 0.3 is 0 Å². The molecule has 1 aromatic rings. The zero-order valence-electron chi connectivity index (χ0n) is 10.8. The molecule has 1 rings (SSSR count). The first-order valence-electron chi connectivity index (χ1n) is 5.89. The maximum atomic E-state index is 13.7. The second-order valence-electron chi connectivity index (χ2n) is 4.57. The topological polar surface area (TPSA) is 41.3 Å². The first kappa shape index (κ1) is 14.1. The molecule has 0 amide bonds. The summed E-state index contributed by atoms with van der Waals surface area (Å²) in [6.45, 7) is 4.05. The number of likely N-dealkylation sites (N-methyl/N-ethyl adjacent to an activating group) is 1. The van der Waals surface area contributed by atoms with Crippen molar-refractivity contribution in [1.29, 1.82) is 0 Å². The minimum atomic E-state index is -0.191. The summed E-state index contributed by atoms with van der Waals surface area (Å²) >= 11 is 0. The molecule has 0 fully saturated rings. The lowest BCUT2D eigenvalue weighted by atomic mass is 10.0. The lowest BCUT2D eigenvalue weighted by molar-refractivity contribution is 0.383. The molecule has 0 radical (unpaired) electrons. The number of hydrogen-bond donors (Lipinski definition) is 2. The van der Waals surface area contributed by atoms with Crippen LogP contribution >= 0.6 is 0 Å². The van der Waals surface area contributed by atoms with Crippen LogP contribution in [0.3, 0.4) is 0 Å². The van der Waals surface area contributed by atoms with Crippen LogP contribution in [0.5, 0.6) is 0 Å². The molecule has 0 saturated carbocycles. The molecule has 0 aliphatic heterocycles. The van der Waals surface area contributed by atoms with E-state index in [-0.39, 0.29) is 11.9 Å². The number of aryl methyl sites for hydroxylation is 1. The summed E-state index contributed by atoms with van der Waals surface area (Å²) in [6, 6.07) is 5.01. The Bertz CT molecular complexity index is 353. The molecule has 0 spiro atoms. The van der Waals surface area contributed by atoms with Gasteiger partial charge in [0.15, 0.2) is 0 Å². The van der Waals surface area contributed by atoms with E-state index in [4.69, 9.17) is 5.73 Å². The summed E-state index contributed by atoms with van der Waals surface area (Å²) in [4.78, 5) is 2.08. The molecule has 96 valence electrons. The molecule has 0 aliphatic carbocycles. The van der Waals surface area contributed by atoms with Crippen LogP contribution in [0, 0.1) is 12.7 Å². The first-order valence-corrected chi connectivity index (χ1v) is 5.89. The molecule has 17 heavy (non-hydrogen) atoms. The largest absolute Gasteiger partial charge is 0.329 e. The third-order valence-corrected chi connectivity index (χ3v) is 2.71. The number of nitrogens with zero attached hydrogens (tertiary/aromatic N) is 1. The van der Waals surface area contributed by atoms with Gasteiger partial charge in [-0.05, 0) is 27.1 Å². The fourth-order valence-corrected chi connectivity index (χ4v) is 1.71. The van der Waals surface area contributed by atoms with E-state index in [1.165, 1.54) is 6.07 Å². The Morgan fingerprint density at radius 1 is 1.41 bits per heavy atom. The summed E-state index contributed by atoms with van der Waals surface area (Å²) in [6.07, 6.45) is 0. The zero-order chi connectivity index (χ0) is 12.8. The Hall–Kier alpha value is -0.970. The van der Waals surface area contributed by atoms with Gasteiger partial charge in [0, 0.05) is 31.2 Å². The molecule has 0 heterocycles. The van der Waals surface area contributed by atoms with Gasteiger partial charge in [-0.1, -0.05) is 17.7 Å². The predicted octanol–water partition coefficient (Wildman–Crippen LogP) is 1.29. The monoisotopic (exact) mass is 239 g/mol. The normalized spacial score (nSPS) is 13.1. The number of hydrogen-bond acceptors (Lipinski definition) is 3. The summed E-state index contributed by atoms with van der Waals surface area (Å²) in [5.74, 6) is -0.191. The summed E-state index contributed by atoms with van der Waals surface area (Å²) < 4.78 is 13.7. The van der Waals surface area contributed by atoms with Crippen LogP contribution in [0.2, 0.25) is 0 Å². The van der Waals surface area contributed by atoms with E-state index in [2.05, 4.69) is 10.2 Å². The lowest BCUT2D eigenvalue weighted by Crippen LogP contribution is -2.34. The van der Waals surface area contributed by atoms with Gasteiger partial charge in [-0.15, -0.1) is 0 Å². The van der Waals surface area contributed by atoms with Crippen LogP contribution in [0.1, 0.15) is 17.2 Å². The second-order valence-corrected chi connectivity index (χ2v) is 4.57. The van der Waals surface area contributed by atoms with Crippen LogP contribution < -0.4 is 11.1 Å². The van der Waals surface area contributed by atoms with E-state index in [1.807, 2.05) is 27.1 Å². The van der Waals surface area contributed by atoms with Gasteiger partial charge in [-0.25, -0.2) is 4.39 Å². The van der Waals surface area contributed by atoms with Crippen molar-refractivity contribution in [2.24, 2.45) is 5.73 Å². The Labute approximate surface area is 103 Å². The fourth-order valence-electron chi connectivity index (χ4n) is 1.71. The quantitative estimate of drug-likeness (QED) is 0.786. The lowest BCUT2D eigenvalue weighted by Gasteiger charge is -2.20. The molecule has 0 aliphatic rings. The SMILES string of the molecule is Cc1ccc(F)c(C(CN)NCCN(C)C)c1. The Morgan fingerprint density at radius 2 is 2.12 bits per heavy atom. The molecule has 0 bridgehead atoms. The number of benzene rings is 1. The van der Waals surface area contributed by atoms with Gasteiger partial charge in [0.2, 0.25) is 0 Å². The molecule has 4 heteroatoms. The van der Waals surface area contributed by atoms with Crippen molar-refractivity contribution in [3.05, 3.63) is 35.1 Å². The zero-order valence-corrected chi connectivity index (χ0v) is 10.8. The highest BCUT2D eigenvalue weighted by atomic mass is 19.1. The van der Waals surface area contributed by atoms with Crippen molar-refractivity contribution < 1.29 is 4.39 Å². The van der Waals surface area contributed by atoms with E-state index in [1.54, 1.807) is 6.07 Å². The highest BCUT2D eigenvalue weighted by Crippen LogP contribution is 2.17. The van der Waals surface area contributed by atoms with Crippen LogP contribution in [0.15, 0.2) is 18.2 Å². The van der Waals surface area contributed by atoms with E-state index in [9.17, 15) is 4.39 Å². The third kappa shape index (κ3) is 4.42. The van der Waals surface area contributed by atoms with E-state index in [0.717, 1.165) is 18.7 Å². The molecule has 0 saturated heterocycles. The number of rotatable bonds is 6. The molecule has 1 atom stereocenters. The number of halogens is 1. The van der Waals surface area contributed by atoms with Crippen LogP contribution in [-0.2, 0) is 0 Å². The minimum Gasteiger partial charge on any atom is -0.329 e. The molecule has 3 N–H and O–H groups in total. The summed E-state index contributed by atoms with van der Waals surface area (Å²) in [7, 11) is 4.01. The van der Waals surface area contributed by atoms with Crippen molar-refractivity contribution in [2.45, 2.75) is 13.0 Å². The molecular weight excluding hydrogens is 217 g/mol. The van der Waals surface area contributed by atoms with Gasteiger partial charge in [0.1, 0.15) is 5.82 Å². The maximum absolute atomic E-state index is 13.7.